The Morgan fingerprint density at radius 3 is 2.85 bits per heavy atom. The van der Waals surface area contributed by atoms with E-state index in [0.29, 0.717) is 18.9 Å². The topological polar surface area (TPSA) is 57.6 Å². The Hall–Kier alpha value is -2.10. The van der Waals surface area contributed by atoms with Crippen molar-refractivity contribution in [2.75, 3.05) is 6.54 Å². The van der Waals surface area contributed by atoms with Gasteiger partial charge in [0, 0.05) is 25.6 Å². The molecule has 1 saturated heterocycles. The lowest BCUT2D eigenvalue weighted by molar-refractivity contribution is -0.131. The van der Waals surface area contributed by atoms with E-state index in [4.69, 9.17) is 5.11 Å². The van der Waals surface area contributed by atoms with Gasteiger partial charge in [-0.3, -0.25) is 4.79 Å². The van der Waals surface area contributed by atoms with Crippen molar-refractivity contribution >= 4 is 18.0 Å². The minimum absolute atomic E-state index is 0.189. The van der Waals surface area contributed by atoms with Crippen molar-refractivity contribution in [3.05, 3.63) is 41.5 Å². The summed E-state index contributed by atoms with van der Waals surface area (Å²) in [6.07, 6.45) is 4.35. The SMILES string of the molecule is CCC1CC(=O)N(Cc2ccccc2/C=C/C(=O)O)C1. The molecule has 1 atom stereocenters. The van der Waals surface area contributed by atoms with Gasteiger partial charge < -0.3 is 10.0 Å². The second-order valence-electron chi connectivity index (χ2n) is 5.12. The molecule has 1 aromatic rings. The lowest BCUT2D eigenvalue weighted by Crippen LogP contribution is -2.24. The molecule has 1 N–H and O–H groups in total. The quantitative estimate of drug-likeness (QED) is 0.839. The summed E-state index contributed by atoms with van der Waals surface area (Å²) >= 11 is 0. The molecule has 4 heteroatoms. The zero-order valence-electron chi connectivity index (χ0n) is 11.6. The highest BCUT2D eigenvalue weighted by atomic mass is 16.4. The third-order valence-electron chi connectivity index (χ3n) is 3.69. The number of aliphatic carboxylic acids is 1. The molecule has 2 rings (SSSR count). The molecule has 1 aliphatic rings. The molecule has 1 aliphatic heterocycles. The zero-order valence-corrected chi connectivity index (χ0v) is 11.6. The molecule has 0 aromatic heterocycles. The molecule has 20 heavy (non-hydrogen) atoms. The van der Waals surface area contributed by atoms with Crippen LogP contribution in [0, 0.1) is 5.92 Å². The molecule has 4 nitrogen and oxygen atoms in total. The molecule has 0 aliphatic carbocycles. The lowest BCUT2D eigenvalue weighted by atomic mass is 10.1. The number of carboxylic acid groups (broad SMARTS) is 1. The Bertz CT molecular complexity index is 536. The van der Waals surface area contributed by atoms with E-state index in [9.17, 15) is 9.59 Å². The smallest absolute Gasteiger partial charge is 0.328 e. The van der Waals surface area contributed by atoms with Crippen LogP contribution >= 0.6 is 0 Å². The summed E-state index contributed by atoms with van der Waals surface area (Å²) in [6, 6.07) is 7.58. The average Bonchev–Trinajstić information content (AvgIpc) is 2.78. The van der Waals surface area contributed by atoms with Crippen LogP contribution in [0.4, 0.5) is 0 Å². The standard InChI is InChI=1S/C16H19NO3/c1-2-12-9-15(18)17(10-12)11-14-6-4-3-5-13(14)7-8-16(19)20/h3-8,12H,2,9-11H2,1H3,(H,19,20)/b8-7+. The number of nitrogens with zero attached hydrogens (tertiary/aromatic N) is 1. The van der Waals surface area contributed by atoms with Gasteiger partial charge in [-0.05, 0) is 23.1 Å². The molecule has 0 bridgehead atoms. The highest BCUT2D eigenvalue weighted by Crippen LogP contribution is 2.23. The monoisotopic (exact) mass is 273 g/mol. The van der Waals surface area contributed by atoms with Crippen LogP contribution < -0.4 is 0 Å². The van der Waals surface area contributed by atoms with E-state index in [-0.39, 0.29) is 5.91 Å². The third-order valence-corrected chi connectivity index (χ3v) is 3.69. The number of hydrogen-bond donors (Lipinski definition) is 1. The maximum atomic E-state index is 11.9. The van der Waals surface area contributed by atoms with Gasteiger partial charge in [-0.2, -0.15) is 0 Å². The van der Waals surface area contributed by atoms with Crippen LogP contribution in [0.3, 0.4) is 0 Å². The number of likely N-dealkylation sites (tertiary alicyclic amines) is 1. The summed E-state index contributed by atoms with van der Waals surface area (Å²) in [6.45, 7) is 3.45. The fraction of sp³-hybridized carbons (Fsp3) is 0.375. The molecule has 0 spiro atoms. The number of rotatable bonds is 5. The average molecular weight is 273 g/mol. The van der Waals surface area contributed by atoms with E-state index in [0.717, 1.165) is 30.2 Å². The number of carbonyl (C=O) groups excluding carboxylic acids is 1. The second kappa shape index (κ2) is 6.37. The van der Waals surface area contributed by atoms with Gasteiger partial charge in [0.15, 0.2) is 0 Å². The first-order valence-corrected chi connectivity index (χ1v) is 6.86. The van der Waals surface area contributed by atoms with Crippen LogP contribution in [0.5, 0.6) is 0 Å². The Morgan fingerprint density at radius 2 is 2.20 bits per heavy atom. The van der Waals surface area contributed by atoms with Crippen molar-refractivity contribution in [3.8, 4) is 0 Å². The molecule has 0 saturated carbocycles. The number of carbonyl (C=O) groups is 2. The van der Waals surface area contributed by atoms with Crippen molar-refractivity contribution in [2.45, 2.75) is 26.3 Å². The summed E-state index contributed by atoms with van der Waals surface area (Å²) in [5.74, 6) is -0.332. The number of carboxylic acids is 1. The number of amides is 1. The van der Waals surface area contributed by atoms with Gasteiger partial charge in [0.1, 0.15) is 0 Å². The maximum Gasteiger partial charge on any atom is 0.328 e. The summed E-state index contributed by atoms with van der Waals surface area (Å²) < 4.78 is 0. The Morgan fingerprint density at radius 1 is 1.45 bits per heavy atom. The van der Waals surface area contributed by atoms with Crippen molar-refractivity contribution in [1.29, 1.82) is 0 Å². The van der Waals surface area contributed by atoms with Crippen molar-refractivity contribution < 1.29 is 14.7 Å². The van der Waals surface area contributed by atoms with Gasteiger partial charge >= 0.3 is 5.97 Å². The van der Waals surface area contributed by atoms with E-state index in [1.165, 1.54) is 0 Å². The van der Waals surface area contributed by atoms with Crippen LogP contribution in [0.15, 0.2) is 30.3 Å². The summed E-state index contributed by atoms with van der Waals surface area (Å²) in [4.78, 5) is 24.4. The first-order chi connectivity index (χ1) is 9.60. The zero-order chi connectivity index (χ0) is 14.5. The first kappa shape index (κ1) is 14.3. The Kier molecular flexibility index (Phi) is 4.56. The highest BCUT2D eigenvalue weighted by molar-refractivity contribution is 5.85. The van der Waals surface area contributed by atoms with Gasteiger partial charge in [-0.1, -0.05) is 37.6 Å². The maximum absolute atomic E-state index is 11.9. The fourth-order valence-electron chi connectivity index (χ4n) is 2.49. The summed E-state index contributed by atoms with van der Waals surface area (Å²) in [5, 5.41) is 8.71. The molecule has 1 fully saturated rings. The second-order valence-corrected chi connectivity index (χ2v) is 5.12. The fourth-order valence-corrected chi connectivity index (χ4v) is 2.49. The molecule has 1 amide bonds. The lowest BCUT2D eigenvalue weighted by Gasteiger charge is -2.18. The first-order valence-electron chi connectivity index (χ1n) is 6.86. The molecule has 106 valence electrons. The van der Waals surface area contributed by atoms with Crippen LogP contribution in [0.1, 0.15) is 30.9 Å². The minimum Gasteiger partial charge on any atom is -0.478 e. The van der Waals surface area contributed by atoms with E-state index in [1.54, 1.807) is 6.08 Å². The molecule has 1 aromatic carbocycles. The largest absolute Gasteiger partial charge is 0.478 e. The van der Waals surface area contributed by atoms with Gasteiger partial charge in [-0.15, -0.1) is 0 Å². The molecule has 0 radical (unpaired) electrons. The molecular weight excluding hydrogens is 254 g/mol. The van der Waals surface area contributed by atoms with E-state index in [1.807, 2.05) is 29.2 Å². The minimum atomic E-state index is -0.969. The summed E-state index contributed by atoms with van der Waals surface area (Å²) in [7, 11) is 0. The predicted octanol–water partition coefficient (Wildman–Crippen LogP) is 2.54. The Labute approximate surface area is 118 Å². The van der Waals surface area contributed by atoms with Gasteiger partial charge in [0.2, 0.25) is 5.91 Å². The van der Waals surface area contributed by atoms with Crippen LogP contribution in [-0.2, 0) is 16.1 Å². The van der Waals surface area contributed by atoms with Crippen molar-refractivity contribution in [2.24, 2.45) is 5.92 Å². The molecular formula is C16H19NO3. The number of hydrogen-bond acceptors (Lipinski definition) is 2. The van der Waals surface area contributed by atoms with Crippen LogP contribution in [0.25, 0.3) is 6.08 Å². The third kappa shape index (κ3) is 3.47. The van der Waals surface area contributed by atoms with Crippen LogP contribution in [-0.4, -0.2) is 28.4 Å². The summed E-state index contributed by atoms with van der Waals surface area (Å²) in [5.41, 5.74) is 1.83. The van der Waals surface area contributed by atoms with Crippen molar-refractivity contribution in [3.63, 3.8) is 0 Å². The van der Waals surface area contributed by atoms with Crippen LogP contribution in [0.2, 0.25) is 0 Å². The van der Waals surface area contributed by atoms with Crippen molar-refractivity contribution in [1.82, 2.24) is 4.90 Å². The molecule has 1 unspecified atom stereocenters. The highest BCUT2D eigenvalue weighted by Gasteiger charge is 2.28. The van der Waals surface area contributed by atoms with E-state index >= 15 is 0 Å². The normalized spacial score (nSPS) is 18.9. The van der Waals surface area contributed by atoms with E-state index < -0.39 is 5.97 Å². The van der Waals surface area contributed by atoms with E-state index in [2.05, 4.69) is 6.92 Å². The Balaban J connectivity index is 2.13. The van der Waals surface area contributed by atoms with Gasteiger partial charge in [-0.25, -0.2) is 4.79 Å². The number of benzene rings is 1. The van der Waals surface area contributed by atoms with Gasteiger partial charge in [0.25, 0.3) is 0 Å². The van der Waals surface area contributed by atoms with Gasteiger partial charge in [0.05, 0.1) is 0 Å². The predicted molar refractivity (Wildman–Crippen MR) is 76.9 cm³/mol. The molecule has 1 heterocycles.